The Bertz CT molecular complexity index is 1050. The van der Waals surface area contributed by atoms with Crippen molar-refractivity contribution in [3.8, 4) is 0 Å². The lowest BCUT2D eigenvalue weighted by Crippen LogP contribution is -2.31. The summed E-state index contributed by atoms with van der Waals surface area (Å²) in [7, 11) is -7.49. The maximum absolute atomic E-state index is 13.0. The van der Waals surface area contributed by atoms with Crippen molar-refractivity contribution in [1.29, 1.82) is 0 Å². The fourth-order valence-electron chi connectivity index (χ4n) is 2.39. The number of benzene rings is 1. The minimum atomic E-state index is -3.80. The normalized spacial score (nSPS) is 13.6. The molecule has 26 heavy (non-hydrogen) atoms. The van der Waals surface area contributed by atoms with Gasteiger partial charge < -0.3 is 0 Å². The number of nitrogens with one attached hydrogen (secondary N) is 1. The van der Waals surface area contributed by atoms with E-state index in [-0.39, 0.29) is 15.6 Å². The lowest BCUT2D eigenvalue weighted by atomic mass is 10.2. The molecule has 5 nitrogen and oxygen atoms in total. The van der Waals surface area contributed by atoms with Gasteiger partial charge in [0.2, 0.25) is 10.0 Å². The summed E-state index contributed by atoms with van der Waals surface area (Å²) in [6.07, 6.45) is 0. The second-order valence-electron chi connectivity index (χ2n) is 5.65. The lowest BCUT2D eigenvalue weighted by molar-refractivity contribution is 0.570. The maximum Gasteiger partial charge on any atom is 0.240 e. The summed E-state index contributed by atoms with van der Waals surface area (Å²) >= 11 is 2.42. The van der Waals surface area contributed by atoms with Crippen LogP contribution in [0.5, 0.6) is 0 Å². The highest BCUT2D eigenvalue weighted by atomic mass is 32.2. The number of sulfonamides is 1. The third kappa shape index (κ3) is 4.07. The van der Waals surface area contributed by atoms with E-state index >= 15 is 0 Å². The second-order valence-corrected chi connectivity index (χ2v) is 11.7. The predicted molar refractivity (Wildman–Crippen MR) is 105 cm³/mol. The Balaban J connectivity index is 1.89. The molecule has 1 N–H and O–H groups in total. The molecule has 0 aliphatic heterocycles. The van der Waals surface area contributed by atoms with Crippen molar-refractivity contribution in [2.75, 3.05) is 6.54 Å². The summed E-state index contributed by atoms with van der Waals surface area (Å²) in [5.41, 5.74) is 0.945. The van der Waals surface area contributed by atoms with Crippen molar-refractivity contribution in [2.24, 2.45) is 0 Å². The number of aryl methyl sites for hydroxylation is 1. The standard InChI is InChI=1S/C17H17NO4S4/c1-13-6-8-14(9-7-13)26(21,22)18-12-16(15-4-2-10-23-15)25(19,20)17-5-3-11-24-17/h2-11,16,18H,12H2,1H3/t16-/m1/s1. The number of hydrogen-bond donors (Lipinski definition) is 1. The largest absolute Gasteiger partial charge is 0.240 e. The SMILES string of the molecule is Cc1ccc(S(=O)(=O)NC[C@H](c2cccs2)S(=O)(=O)c2cccs2)cc1. The van der Waals surface area contributed by atoms with E-state index in [1.807, 2.05) is 6.92 Å². The van der Waals surface area contributed by atoms with Crippen LogP contribution in [0.4, 0.5) is 0 Å². The minimum Gasteiger partial charge on any atom is -0.222 e. The molecule has 0 saturated carbocycles. The van der Waals surface area contributed by atoms with E-state index in [1.54, 1.807) is 41.1 Å². The molecule has 0 bridgehead atoms. The van der Waals surface area contributed by atoms with E-state index in [9.17, 15) is 16.8 Å². The van der Waals surface area contributed by atoms with Crippen molar-refractivity contribution in [3.05, 3.63) is 69.7 Å². The first kappa shape index (κ1) is 19.2. The smallest absolute Gasteiger partial charge is 0.222 e. The predicted octanol–water partition coefficient (Wildman–Crippen LogP) is 3.61. The summed E-state index contributed by atoms with van der Waals surface area (Å²) in [6, 6.07) is 13.1. The Morgan fingerprint density at radius 2 is 1.58 bits per heavy atom. The van der Waals surface area contributed by atoms with E-state index in [2.05, 4.69) is 4.72 Å². The van der Waals surface area contributed by atoms with Crippen LogP contribution in [-0.4, -0.2) is 23.4 Å². The average molecular weight is 428 g/mol. The van der Waals surface area contributed by atoms with Crippen LogP contribution in [0.3, 0.4) is 0 Å². The Kier molecular flexibility index (Phi) is 5.64. The van der Waals surface area contributed by atoms with Crippen LogP contribution >= 0.6 is 22.7 Å². The number of thiophene rings is 2. The van der Waals surface area contributed by atoms with Gasteiger partial charge in [-0.2, -0.15) is 0 Å². The van der Waals surface area contributed by atoms with E-state index in [4.69, 9.17) is 0 Å². The molecule has 0 aliphatic carbocycles. The topological polar surface area (TPSA) is 80.3 Å². The van der Waals surface area contributed by atoms with E-state index in [1.165, 1.54) is 29.5 Å². The van der Waals surface area contributed by atoms with Gasteiger partial charge >= 0.3 is 0 Å². The number of rotatable bonds is 7. The zero-order valence-corrected chi connectivity index (χ0v) is 17.1. The third-order valence-electron chi connectivity index (χ3n) is 3.80. The van der Waals surface area contributed by atoms with Crippen LogP contribution in [0.2, 0.25) is 0 Å². The molecule has 0 fully saturated rings. The third-order valence-corrected chi connectivity index (χ3v) is 9.89. The average Bonchev–Trinajstić information content (AvgIpc) is 3.29. The van der Waals surface area contributed by atoms with Crippen LogP contribution in [0, 0.1) is 6.92 Å². The van der Waals surface area contributed by atoms with Gasteiger partial charge in [-0.05, 0) is 41.9 Å². The molecule has 138 valence electrons. The Labute approximate surface area is 161 Å². The van der Waals surface area contributed by atoms with Crippen molar-refractivity contribution in [1.82, 2.24) is 4.72 Å². The fraction of sp³-hybridized carbons (Fsp3) is 0.176. The van der Waals surface area contributed by atoms with Crippen molar-refractivity contribution < 1.29 is 16.8 Å². The first-order valence-corrected chi connectivity index (χ1v) is 12.5. The fourth-order valence-corrected chi connectivity index (χ4v) is 7.53. The van der Waals surface area contributed by atoms with Gasteiger partial charge in [-0.1, -0.05) is 29.8 Å². The first-order valence-electron chi connectivity index (χ1n) is 7.68. The van der Waals surface area contributed by atoms with Crippen LogP contribution in [-0.2, 0) is 19.9 Å². The summed E-state index contributed by atoms with van der Waals surface area (Å²) in [6.45, 7) is 1.64. The maximum atomic E-state index is 13.0. The zero-order chi connectivity index (χ0) is 18.8. The Morgan fingerprint density at radius 1 is 0.923 bits per heavy atom. The van der Waals surface area contributed by atoms with Gasteiger partial charge in [-0.15, -0.1) is 22.7 Å². The Morgan fingerprint density at radius 3 is 2.15 bits per heavy atom. The Hall–Kier alpha value is -1.52. The molecule has 9 heteroatoms. The summed E-state index contributed by atoms with van der Waals surface area (Å²) in [5.74, 6) is 0. The highest BCUT2D eigenvalue weighted by molar-refractivity contribution is 7.94. The van der Waals surface area contributed by atoms with Crippen molar-refractivity contribution >= 4 is 42.5 Å². The molecule has 3 aromatic rings. The molecule has 1 atom stereocenters. The van der Waals surface area contributed by atoms with Crippen LogP contribution in [0.1, 0.15) is 15.7 Å². The van der Waals surface area contributed by atoms with Gasteiger partial charge in [0.1, 0.15) is 9.46 Å². The van der Waals surface area contributed by atoms with Gasteiger partial charge in [0.05, 0.1) is 4.90 Å². The molecular formula is C17H17NO4S4. The molecule has 3 rings (SSSR count). The molecule has 1 aromatic carbocycles. The van der Waals surface area contributed by atoms with Gasteiger partial charge in [-0.3, -0.25) is 0 Å². The van der Waals surface area contributed by atoms with Crippen LogP contribution < -0.4 is 4.72 Å². The second kappa shape index (κ2) is 7.61. The van der Waals surface area contributed by atoms with E-state index in [0.29, 0.717) is 4.88 Å². The highest BCUT2D eigenvalue weighted by Gasteiger charge is 2.32. The molecule has 0 aliphatic rings. The number of hydrogen-bond acceptors (Lipinski definition) is 6. The summed E-state index contributed by atoms with van der Waals surface area (Å²) < 4.78 is 53.7. The van der Waals surface area contributed by atoms with Gasteiger partial charge in [0.15, 0.2) is 9.84 Å². The molecule has 2 aromatic heterocycles. The molecule has 2 heterocycles. The van der Waals surface area contributed by atoms with Gasteiger partial charge in [-0.25, -0.2) is 21.6 Å². The zero-order valence-electron chi connectivity index (χ0n) is 13.8. The molecule has 0 unspecified atom stereocenters. The highest BCUT2D eigenvalue weighted by Crippen LogP contribution is 2.33. The van der Waals surface area contributed by atoms with Crippen molar-refractivity contribution in [2.45, 2.75) is 21.3 Å². The van der Waals surface area contributed by atoms with Crippen LogP contribution in [0.25, 0.3) is 0 Å². The molecule has 0 spiro atoms. The summed E-state index contributed by atoms with van der Waals surface area (Å²) in [5, 5.41) is 2.50. The molecule has 0 radical (unpaired) electrons. The molecule has 0 amide bonds. The first-order chi connectivity index (χ1) is 12.3. The quantitative estimate of drug-likeness (QED) is 0.625. The molecule has 0 saturated heterocycles. The minimum absolute atomic E-state index is 0.113. The monoisotopic (exact) mass is 427 g/mol. The number of sulfone groups is 1. The van der Waals surface area contributed by atoms with Gasteiger partial charge in [0, 0.05) is 11.4 Å². The van der Waals surface area contributed by atoms with Gasteiger partial charge in [0.25, 0.3) is 0 Å². The van der Waals surface area contributed by atoms with Crippen molar-refractivity contribution in [3.63, 3.8) is 0 Å². The van der Waals surface area contributed by atoms with Crippen LogP contribution in [0.15, 0.2) is 68.4 Å². The lowest BCUT2D eigenvalue weighted by Gasteiger charge is -2.16. The summed E-state index contributed by atoms with van der Waals surface area (Å²) in [4.78, 5) is 0.714. The van der Waals surface area contributed by atoms with E-state index < -0.39 is 25.1 Å². The molecular weight excluding hydrogens is 410 g/mol. The van der Waals surface area contributed by atoms with E-state index in [0.717, 1.165) is 16.9 Å².